The van der Waals surface area contributed by atoms with E-state index in [4.69, 9.17) is 10.5 Å². The van der Waals surface area contributed by atoms with E-state index in [1.54, 1.807) is 0 Å². The molecule has 0 aromatic rings. The summed E-state index contributed by atoms with van der Waals surface area (Å²) in [6, 6.07) is 0. The van der Waals surface area contributed by atoms with Crippen molar-refractivity contribution in [2.45, 2.75) is 31.2 Å². The molecule has 2 saturated carbocycles. The fourth-order valence-corrected chi connectivity index (χ4v) is 1.86. The van der Waals surface area contributed by atoms with Gasteiger partial charge in [0, 0.05) is 25.2 Å². The first-order chi connectivity index (χ1) is 6.77. The standard InChI is InChI=1S/C11H22N2O/c1-13(11(9-12)4-5-11)6-7-14-8-10-2-3-10/h10H,2-9,12H2,1H3. The van der Waals surface area contributed by atoms with Crippen LogP contribution in [0, 0.1) is 5.92 Å². The summed E-state index contributed by atoms with van der Waals surface area (Å²) in [4.78, 5) is 2.37. The van der Waals surface area contributed by atoms with Crippen molar-refractivity contribution in [3.63, 3.8) is 0 Å². The third kappa shape index (κ3) is 2.47. The molecule has 0 amide bonds. The molecule has 0 heterocycles. The van der Waals surface area contributed by atoms with Crippen LogP contribution in [0.5, 0.6) is 0 Å². The van der Waals surface area contributed by atoms with Gasteiger partial charge in [0.2, 0.25) is 0 Å². The molecule has 2 rings (SSSR count). The molecule has 0 aromatic heterocycles. The summed E-state index contributed by atoms with van der Waals surface area (Å²) in [6.07, 6.45) is 5.29. The molecule has 3 nitrogen and oxygen atoms in total. The molecule has 14 heavy (non-hydrogen) atoms. The molecule has 82 valence electrons. The maximum Gasteiger partial charge on any atom is 0.0593 e. The highest BCUT2D eigenvalue weighted by Crippen LogP contribution is 2.39. The smallest absolute Gasteiger partial charge is 0.0593 e. The summed E-state index contributed by atoms with van der Waals surface area (Å²) in [5.74, 6) is 0.879. The molecule has 2 aliphatic carbocycles. The van der Waals surface area contributed by atoms with E-state index in [1.165, 1.54) is 25.7 Å². The van der Waals surface area contributed by atoms with Crippen molar-refractivity contribution in [1.29, 1.82) is 0 Å². The largest absolute Gasteiger partial charge is 0.380 e. The molecule has 0 saturated heterocycles. The zero-order valence-electron chi connectivity index (χ0n) is 9.17. The molecule has 2 aliphatic rings. The third-order valence-corrected chi connectivity index (χ3v) is 3.64. The molecular weight excluding hydrogens is 176 g/mol. The summed E-state index contributed by atoms with van der Waals surface area (Å²) >= 11 is 0. The molecule has 2 N–H and O–H groups in total. The quantitative estimate of drug-likeness (QED) is 0.616. The third-order valence-electron chi connectivity index (χ3n) is 3.64. The number of hydrogen-bond donors (Lipinski definition) is 1. The van der Waals surface area contributed by atoms with E-state index in [1.807, 2.05) is 0 Å². The minimum absolute atomic E-state index is 0.336. The van der Waals surface area contributed by atoms with Gasteiger partial charge >= 0.3 is 0 Å². The van der Waals surface area contributed by atoms with Crippen LogP contribution in [0.4, 0.5) is 0 Å². The number of nitrogens with two attached hydrogens (primary N) is 1. The predicted molar refractivity (Wildman–Crippen MR) is 57.2 cm³/mol. The summed E-state index contributed by atoms with van der Waals surface area (Å²) in [5.41, 5.74) is 6.09. The molecule has 0 bridgehead atoms. The van der Waals surface area contributed by atoms with E-state index < -0.39 is 0 Å². The van der Waals surface area contributed by atoms with Crippen LogP contribution in [0.15, 0.2) is 0 Å². The molecule has 0 spiro atoms. The van der Waals surface area contributed by atoms with Gasteiger partial charge in [-0.05, 0) is 38.6 Å². The average Bonchev–Trinajstić information content (AvgIpc) is 3.03. The van der Waals surface area contributed by atoms with Crippen molar-refractivity contribution in [3.8, 4) is 0 Å². The van der Waals surface area contributed by atoms with E-state index in [0.29, 0.717) is 5.54 Å². The molecule has 0 atom stereocenters. The van der Waals surface area contributed by atoms with Gasteiger partial charge in [-0.25, -0.2) is 0 Å². The van der Waals surface area contributed by atoms with Crippen LogP contribution in [0.25, 0.3) is 0 Å². The van der Waals surface area contributed by atoms with Gasteiger partial charge in [0.25, 0.3) is 0 Å². The number of likely N-dealkylation sites (N-methyl/N-ethyl adjacent to an activating group) is 1. The number of ether oxygens (including phenoxy) is 1. The van der Waals surface area contributed by atoms with Gasteiger partial charge in [0.05, 0.1) is 6.61 Å². The van der Waals surface area contributed by atoms with E-state index in [0.717, 1.165) is 32.2 Å². The Morgan fingerprint density at radius 2 is 2.14 bits per heavy atom. The van der Waals surface area contributed by atoms with Gasteiger partial charge in [-0.15, -0.1) is 0 Å². The van der Waals surface area contributed by atoms with Gasteiger partial charge in [-0.1, -0.05) is 0 Å². The second kappa shape index (κ2) is 4.17. The van der Waals surface area contributed by atoms with Crippen LogP contribution < -0.4 is 5.73 Å². The number of hydrogen-bond acceptors (Lipinski definition) is 3. The van der Waals surface area contributed by atoms with Crippen LogP contribution in [-0.4, -0.2) is 43.8 Å². The van der Waals surface area contributed by atoms with Crippen LogP contribution in [-0.2, 0) is 4.74 Å². The maximum atomic E-state index is 5.75. The first kappa shape index (κ1) is 10.4. The second-order valence-electron chi connectivity index (χ2n) is 4.87. The van der Waals surface area contributed by atoms with E-state index in [9.17, 15) is 0 Å². The first-order valence-electron chi connectivity index (χ1n) is 5.76. The second-order valence-corrected chi connectivity index (χ2v) is 4.87. The molecule has 0 aliphatic heterocycles. The van der Waals surface area contributed by atoms with Gasteiger partial charge < -0.3 is 10.5 Å². The Kier molecular flexibility index (Phi) is 3.10. The molecule has 0 unspecified atom stereocenters. The normalized spacial score (nSPS) is 24.2. The highest BCUT2D eigenvalue weighted by Gasteiger charge is 2.44. The molecule has 0 aromatic carbocycles. The zero-order chi connectivity index (χ0) is 10.0. The lowest BCUT2D eigenvalue weighted by molar-refractivity contribution is 0.0880. The lowest BCUT2D eigenvalue weighted by atomic mass is 10.2. The molecular formula is C11H22N2O. The van der Waals surface area contributed by atoms with Crippen LogP contribution >= 0.6 is 0 Å². The predicted octanol–water partition coefficient (Wildman–Crippen LogP) is 0.836. The van der Waals surface area contributed by atoms with Crippen molar-refractivity contribution < 1.29 is 4.74 Å². The Hall–Kier alpha value is -0.120. The van der Waals surface area contributed by atoms with Crippen LogP contribution in [0.1, 0.15) is 25.7 Å². The summed E-state index contributed by atoms with van der Waals surface area (Å²) in [6.45, 7) is 3.67. The average molecular weight is 198 g/mol. The Bertz CT molecular complexity index is 188. The minimum atomic E-state index is 0.336. The van der Waals surface area contributed by atoms with Gasteiger partial charge in [-0.2, -0.15) is 0 Å². The Morgan fingerprint density at radius 3 is 2.64 bits per heavy atom. The molecule has 3 heteroatoms. The number of rotatable bonds is 7. The van der Waals surface area contributed by atoms with Gasteiger partial charge in [-0.3, -0.25) is 4.90 Å². The minimum Gasteiger partial charge on any atom is -0.380 e. The summed E-state index contributed by atoms with van der Waals surface area (Å²) in [7, 11) is 2.17. The lowest BCUT2D eigenvalue weighted by Gasteiger charge is -2.26. The van der Waals surface area contributed by atoms with Crippen molar-refractivity contribution in [3.05, 3.63) is 0 Å². The molecule has 2 fully saturated rings. The SMILES string of the molecule is CN(CCOCC1CC1)C1(CN)CC1. The van der Waals surface area contributed by atoms with Crippen molar-refractivity contribution >= 4 is 0 Å². The lowest BCUT2D eigenvalue weighted by Crippen LogP contribution is -2.41. The van der Waals surface area contributed by atoms with Crippen molar-refractivity contribution in [2.75, 3.05) is 33.4 Å². The Morgan fingerprint density at radius 1 is 1.43 bits per heavy atom. The van der Waals surface area contributed by atoms with Crippen molar-refractivity contribution in [2.24, 2.45) is 11.7 Å². The topological polar surface area (TPSA) is 38.5 Å². The van der Waals surface area contributed by atoms with Crippen LogP contribution in [0.2, 0.25) is 0 Å². The van der Waals surface area contributed by atoms with Gasteiger partial charge in [0.15, 0.2) is 0 Å². The van der Waals surface area contributed by atoms with Crippen LogP contribution in [0.3, 0.4) is 0 Å². The first-order valence-corrected chi connectivity index (χ1v) is 5.76. The summed E-state index contributed by atoms with van der Waals surface area (Å²) < 4.78 is 5.61. The monoisotopic (exact) mass is 198 g/mol. The fraction of sp³-hybridized carbons (Fsp3) is 1.00. The van der Waals surface area contributed by atoms with Gasteiger partial charge in [0.1, 0.15) is 0 Å². The van der Waals surface area contributed by atoms with Crippen molar-refractivity contribution in [1.82, 2.24) is 4.90 Å². The van der Waals surface area contributed by atoms with E-state index in [2.05, 4.69) is 11.9 Å². The number of nitrogens with zero attached hydrogens (tertiary/aromatic N) is 1. The maximum absolute atomic E-state index is 5.75. The highest BCUT2D eigenvalue weighted by atomic mass is 16.5. The highest BCUT2D eigenvalue weighted by molar-refractivity contribution is 5.03. The zero-order valence-corrected chi connectivity index (χ0v) is 9.17. The van der Waals surface area contributed by atoms with E-state index in [-0.39, 0.29) is 0 Å². The van der Waals surface area contributed by atoms with E-state index >= 15 is 0 Å². The summed E-state index contributed by atoms with van der Waals surface area (Å²) in [5, 5.41) is 0. The molecule has 0 radical (unpaired) electrons. The Balaban J connectivity index is 1.55. The fourth-order valence-electron chi connectivity index (χ4n) is 1.86. The Labute approximate surface area is 86.6 Å².